The van der Waals surface area contributed by atoms with Crippen LogP contribution in [0.1, 0.15) is 4.88 Å². The maximum Gasteiger partial charge on any atom is 0.0827 e. The first kappa shape index (κ1) is 8.16. The molecule has 1 N–H and O–H groups in total. The average Bonchev–Trinajstić information content (AvgIpc) is 2.65. The van der Waals surface area contributed by atoms with E-state index in [4.69, 9.17) is 4.74 Å². The number of aliphatic hydroxyl groups is 1. The zero-order valence-electron chi connectivity index (χ0n) is 6.64. The van der Waals surface area contributed by atoms with Crippen LogP contribution in [-0.2, 0) is 11.2 Å². The van der Waals surface area contributed by atoms with Crippen molar-refractivity contribution >= 4 is 11.3 Å². The van der Waals surface area contributed by atoms with Crippen LogP contribution in [-0.4, -0.2) is 29.4 Å². The van der Waals surface area contributed by atoms with E-state index in [9.17, 15) is 5.11 Å². The largest absolute Gasteiger partial charge is 0.390 e. The molecule has 2 unspecified atom stereocenters. The van der Waals surface area contributed by atoms with Crippen LogP contribution < -0.4 is 0 Å². The normalized spacial score (nSPS) is 29.4. The Balaban J connectivity index is 1.95. The molecule has 0 spiro atoms. The maximum atomic E-state index is 9.45. The summed E-state index contributed by atoms with van der Waals surface area (Å²) in [6.07, 6.45) is 2.47. The van der Waals surface area contributed by atoms with Gasteiger partial charge in [-0.3, -0.25) is 4.98 Å². The molecule has 1 fully saturated rings. The summed E-state index contributed by atoms with van der Waals surface area (Å²) in [7, 11) is 0. The third-order valence-corrected chi connectivity index (χ3v) is 2.91. The van der Waals surface area contributed by atoms with Crippen molar-refractivity contribution in [3.63, 3.8) is 0 Å². The summed E-state index contributed by atoms with van der Waals surface area (Å²) in [5.74, 6) is 0.269. The molecule has 2 heterocycles. The minimum atomic E-state index is -0.285. The molecule has 3 nitrogen and oxygen atoms in total. The fourth-order valence-corrected chi connectivity index (χ4v) is 2.07. The van der Waals surface area contributed by atoms with Crippen molar-refractivity contribution in [2.45, 2.75) is 12.5 Å². The first-order valence-electron chi connectivity index (χ1n) is 3.99. The number of thiazole rings is 1. The van der Waals surface area contributed by atoms with Crippen molar-refractivity contribution in [1.82, 2.24) is 4.98 Å². The number of nitrogens with zero attached hydrogens (tertiary/aromatic N) is 1. The van der Waals surface area contributed by atoms with Crippen LogP contribution >= 0.6 is 11.3 Å². The zero-order valence-corrected chi connectivity index (χ0v) is 7.46. The minimum Gasteiger partial charge on any atom is -0.390 e. The Hall–Kier alpha value is -0.450. The van der Waals surface area contributed by atoms with Gasteiger partial charge in [0.25, 0.3) is 0 Å². The third-order valence-electron chi connectivity index (χ3n) is 2.11. The minimum absolute atomic E-state index is 0.269. The van der Waals surface area contributed by atoms with Gasteiger partial charge in [0.1, 0.15) is 0 Å². The Morgan fingerprint density at radius 1 is 1.67 bits per heavy atom. The molecule has 1 saturated heterocycles. The quantitative estimate of drug-likeness (QED) is 0.737. The lowest BCUT2D eigenvalue weighted by Gasteiger charge is -2.09. The van der Waals surface area contributed by atoms with Crippen molar-refractivity contribution in [3.05, 3.63) is 16.6 Å². The molecule has 0 radical (unpaired) electrons. The van der Waals surface area contributed by atoms with Gasteiger partial charge in [-0.25, -0.2) is 0 Å². The van der Waals surface area contributed by atoms with Crippen LogP contribution in [0, 0.1) is 5.92 Å². The molecule has 1 aliphatic rings. The molecule has 1 aromatic heterocycles. The SMILES string of the molecule is OC1COCC1Cc1cncs1. The van der Waals surface area contributed by atoms with Crippen LogP contribution in [0.3, 0.4) is 0 Å². The molecule has 1 aromatic rings. The number of rotatable bonds is 2. The summed E-state index contributed by atoms with van der Waals surface area (Å²) in [5, 5.41) is 9.45. The topological polar surface area (TPSA) is 42.4 Å². The highest BCUT2D eigenvalue weighted by molar-refractivity contribution is 7.09. The molecule has 66 valence electrons. The van der Waals surface area contributed by atoms with Gasteiger partial charge in [-0.2, -0.15) is 0 Å². The fraction of sp³-hybridized carbons (Fsp3) is 0.625. The lowest BCUT2D eigenvalue weighted by molar-refractivity contribution is 0.118. The first-order valence-corrected chi connectivity index (χ1v) is 4.87. The summed E-state index contributed by atoms with van der Waals surface area (Å²) in [6, 6.07) is 0. The molecule has 2 rings (SSSR count). The molecule has 4 heteroatoms. The second-order valence-electron chi connectivity index (χ2n) is 3.04. The predicted molar refractivity (Wildman–Crippen MR) is 46.1 cm³/mol. The highest BCUT2D eigenvalue weighted by Crippen LogP contribution is 2.20. The Labute approximate surface area is 75.0 Å². The van der Waals surface area contributed by atoms with Gasteiger partial charge in [-0.15, -0.1) is 11.3 Å². The number of hydrogen-bond acceptors (Lipinski definition) is 4. The van der Waals surface area contributed by atoms with Gasteiger partial charge >= 0.3 is 0 Å². The molecular formula is C8H11NO2S. The predicted octanol–water partition coefficient (Wildman–Crippen LogP) is 0.693. The number of aromatic nitrogens is 1. The highest BCUT2D eigenvalue weighted by atomic mass is 32.1. The van der Waals surface area contributed by atoms with Gasteiger partial charge < -0.3 is 9.84 Å². The Morgan fingerprint density at radius 2 is 2.58 bits per heavy atom. The molecule has 0 saturated carbocycles. The monoisotopic (exact) mass is 185 g/mol. The molecule has 0 amide bonds. The number of ether oxygens (including phenoxy) is 1. The van der Waals surface area contributed by atoms with Crippen molar-refractivity contribution < 1.29 is 9.84 Å². The van der Waals surface area contributed by atoms with Gasteiger partial charge in [-0.05, 0) is 6.42 Å². The van der Waals surface area contributed by atoms with E-state index in [2.05, 4.69) is 4.98 Å². The van der Waals surface area contributed by atoms with E-state index in [1.54, 1.807) is 11.3 Å². The van der Waals surface area contributed by atoms with Gasteiger partial charge in [0.15, 0.2) is 0 Å². The van der Waals surface area contributed by atoms with E-state index in [1.165, 1.54) is 4.88 Å². The Bertz CT molecular complexity index is 237. The van der Waals surface area contributed by atoms with E-state index >= 15 is 0 Å². The molecule has 2 atom stereocenters. The summed E-state index contributed by atoms with van der Waals surface area (Å²) >= 11 is 1.63. The molecule has 0 aromatic carbocycles. The van der Waals surface area contributed by atoms with Crippen molar-refractivity contribution in [1.29, 1.82) is 0 Å². The summed E-state index contributed by atoms with van der Waals surface area (Å²) in [6.45, 7) is 1.17. The van der Waals surface area contributed by atoms with Crippen molar-refractivity contribution in [3.8, 4) is 0 Å². The van der Waals surface area contributed by atoms with E-state index in [0.717, 1.165) is 6.42 Å². The molecule has 12 heavy (non-hydrogen) atoms. The lowest BCUT2D eigenvalue weighted by Crippen LogP contribution is -2.19. The van der Waals surface area contributed by atoms with Crippen molar-refractivity contribution in [2.75, 3.05) is 13.2 Å². The molecule has 0 bridgehead atoms. The van der Waals surface area contributed by atoms with Crippen LogP contribution in [0.25, 0.3) is 0 Å². The third kappa shape index (κ3) is 1.65. The second-order valence-corrected chi connectivity index (χ2v) is 4.01. The van der Waals surface area contributed by atoms with Crippen LogP contribution in [0.4, 0.5) is 0 Å². The number of aliphatic hydroxyl groups excluding tert-OH is 1. The standard InChI is InChI=1S/C8H11NO2S/c10-8-4-11-3-6(8)1-7-2-9-5-12-7/h2,5-6,8,10H,1,3-4H2. The molecule has 1 aliphatic heterocycles. The first-order chi connectivity index (χ1) is 5.86. The van der Waals surface area contributed by atoms with Crippen LogP contribution in [0.15, 0.2) is 11.7 Å². The smallest absolute Gasteiger partial charge is 0.0827 e. The summed E-state index contributed by atoms with van der Waals surface area (Å²) < 4.78 is 5.15. The zero-order chi connectivity index (χ0) is 8.39. The lowest BCUT2D eigenvalue weighted by atomic mass is 10.0. The van der Waals surface area contributed by atoms with Crippen molar-refractivity contribution in [2.24, 2.45) is 5.92 Å². The van der Waals surface area contributed by atoms with Crippen LogP contribution in [0.2, 0.25) is 0 Å². The Morgan fingerprint density at radius 3 is 3.17 bits per heavy atom. The Kier molecular flexibility index (Phi) is 2.39. The maximum absolute atomic E-state index is 9.45. The van der Waals surface area contributed by atoms with Gasteiger partial charge in [0.05, 0.1) is 24.8 Å². The molecule has 0 aliphatic carbocycles. The van der Waals surface area contributed by atoms with Gasteiger partial charge in [0.2, 0.25) is 0 Å². The van der Waals surface area contributed by atoms with Crippen LogP contribution in [0.5, 0.6) is 0 Å². The van der Waals surface area contributed by atoms with E-state index in [1.807, 2.05) is 11.7 Å². The summed E-state index contributed by atoms with van der Waals surface area (Å²) in [5.41, 5.74) is 1.82. The number of hydrogen-bond donors (Lipinski definition) is 1. The molecular weight excluding hydrogens is 174 g/mol. The average molecular weight is 185 g/mol. The highest BCUT2D eigenvalue weighted by Gasteiger charge is 2.26. The second kappa shape index (κ2) is 3.51. The van der Waals surface area contributed by atoms with E-state index in [0.29, 0.717) is 13.2 Å². The van der Waals surface area contributed by atoms with E-state index < -0.39 is 0 Å². The van der Waals surface area contributed by atoms with E-state index in [-0.39, 0.29) is 12.0 Å². The fourth-order valence-electron chi connectivity index (χ4n) is 1.38. The van der Waals surface area contributed by atoms with Gasteiger partial charge in [0, 0.05) is 17.0 Å². The summed E-state index contributed by atoms with van der Waals surface area (Å²) in [4.78, 5) is 5.21. The van der Waals surface area contributed by atoms with Gasteiger partial charge in [-0.1, -0.05) is 0 Å².